The topological polar surface area (TPSA) is 78.1 Å². The zero-order chi connectivity index (χ0) is 24.4. The van der Waals surface area contributed by atoms with Gasteiger partial charge in [0.2, 0.25) is 5.91 Å². The van der Waals surface area contributed by atoms with Gasteiger partial charge in [-0.15, -0.1) is 0 Å². The third-order valence-electron chi connectivity index (χ3n) is 6.65. The van der Waals surface area contributed by atoms with E-state index in [0.717, 1.165) is 47.0 Å². The molecule has 1 fully saturated rings. The van der Waals surface area contributed by atoms with E-state index in [1.807, 2.05) is 17.0 Å². The second-order valence-electron chi connectivity index (χ2n) is 9.06. The van der Waals surface area contributed by atoms with Crippen LogP contribution in [0.25, 0.3) is 10.9 Å². The summed E-state index contributed by atoms with van der Waals surface area (Å²) >= 11 is 0. The Morgan fingerprint density at radius 3 is 2.74 bits per heavy atom. The van der Waals surface area contributed by atoms with Gasteiger partial charge in [0.25, 0.3) is 5.91 Å². The van der Waals surface area contributed by atoms with Gasteiger partial charge in [-0.3, -0.25) is 14.6 Å². The molecule has 5 rings (SSSR count). The lowest BCUT2D eigenvalue weighted by Gasteiger charge is -2.23. The molecule has 1 aliphatic heterocycles. The first-order valence-electron chi connectivity index (χ1n) is 11.8. The lowest BCUT2D eigenvalue weighted by Crippen LogP contribution is -2.27. The summed E-state index contributed by atoms with van der Waals surface area (Å²) in [6, 6.07) is 15.3. The summed E-state index contributed by atoms with van der Waals surface area (Å²) in [4.78, 5) is 33.7. The number of likely N-dealkylation sites (tertiary alicyclic amines) is 1. The number of rotatable bonds is 6. The van der Waals surface area contributed by atoms with Crippen LogP contribution in [0.4, 0.5) is 4.39 Å². The normalized spacial score (nSPS) is 15.5. The molecule has 0 saturated carbocycles. The highest BCUT2D eigenvalue weighted by Gasteiger charge is 2.27. The average molecular weight is 471 g/mol. The third kappa shape index (κ3) is 4.94. The van der Waals surface area contributed by atoms with Gasteiger partial charge in [-0.25, -0.2) is 4.39 Å². The molecule has 3 heterocycles. The molecule has 7 heteroatoms. The van der Waals surface area contributed by atoms with Crippen molar-refractivity contribution in [2.75, 3.05) is 6.54 Å². The van der Waals surface area contributed by atoms with Crippen molar-refractivity contribution >= 4 is 22.7 Å². The van der Waals surface area contributed by atoms with Crippen LogP contribution in [0.15, 0.2) is 67.1 Å². The minimum atomic E-state index is -0.361. The highest BCUT2D eigenvalue weighted by atomic mass is 19.1. The molecule has 0 aliphatic carbocycles. The number of nitrogens with one attached hydrogen (secondary N) is 2. The molecule has 0 spiro atoms. The Morgan fingerprint density at radius 1 is 1.11 bits per heavy atom. The van der Waals surface area contributed by atoms with E-state index in [1.165, 1.54) is 12.3 Å². The Labute approximate surface area is 203 Å². The van der Waals surface area contributed by atoms with Gasteiger partial charge in [-0.2, -0.15) is 0 Å². The highest BCUT2D eigenvalue weighted by Crippen LogP contribution is 2.32. The van der Waals surface area contributed by atoms with Gasteiger partial charge in [-0.1, -0.05) is 24.3 Å². The molecule has 1 unspecified atom stereocenters. The Morgan fingerprint density at radius 2 is 1.94 bits per heavy atom. The fraction of sp³-hybridized carbons (Fsp3) is 0.250. The first-order valence-corrected chi connectivity index (χ1v) is 11.8. The van der Waals surface area contributed by atoms with Crippen molar-refractivity contribution in [3.8, 4) is 0 Å². The summed E-state index contributed by atoms with van der Waals surface area (Å²) in [5.41, 5.74) is 4.75. The van der Waals surface area contributed by atoms with E-state index in [-0.39, 0.29) is 30.2 Å². The summed E-state index contributed by atoms with van der Waals surface area (Å²) in [6.07, 6.45) is 7.67. The molecular formula is C28H27FN4O2. The second-order valence-corrected chi connectivity index (χ2v) is 9.06. The van der Waals surface area contributed by atoms with Crippen LogP contribution in [-0.2, 0) is 17.8 Å². The van der Waals surface area contributed by atoms with Crippen LogP contribution in [0, 0.1) is 5.82 Å². The summed E-state index contributed by atoms with van der Waals surface area (Å²) < 4.78 is 14.3. The van der Waals surface area contributed by atoms with E-state index in [4.69, 9.17) is 0 Å². The van der Waals surface area contributed by atoms with Crippen molar-refractivity contribution in [1.29, 1.82) is 0 Å². The number of carbonyl (C=O) groups is 2. The summed E-state index contributed by atoms with van der Waals surface area (Å²) in [7, 11) is 0. The summed E-state index contributed by atoms with van der Waals surface area (Å²) in [6.45, 7) is 2.53. The lowest BCUT2D eigenvalue weighted by molar-refractivity contribution is -0.129. The third-order valence-corrected chi connectivity index (χ3v) is 6.65. The molecule has 2 amide bonds. The average Bonchev–Trinajstić information content (AvgIpc) is 3.52. The Balaban J connectivity index is 1.23. The number of nitrogens with zero attached hydrogens (tertiary/aromatic N) is 2. The number of aromatic amines is 1. The number of carbonyl (C=O) groups excluding carboxylic acids is 2. The molecule has 2 aromatic heterocycles. The van der Waals surface area contributed by atoms with Crippen LogP contribution < -0.4 is 5.32 Å². The van der Waals surface area contributed by atoms with E-state index >= 15 is 0 Å². The molecule has 4 aromatic rings. The predicted octanol–water partition coefficient (Wildman–Crippen LogP) is 4.91. The minimum Gasteiger partial charge on any atom is -0.361 e. The van der Waals surface area contributed by atoms with Crippen molar-refractivity contribution in [2.45, 2.75) is 38.8 Å². The largest absolute Gasteiger partial charge is 0.361 e. The molecule has 178 valence electrons. The molecule has 2 aromatic carbocycles. The Bertz CT molecular complexity index is 1380. The standard InChI is InChI=1S/C28H27FN4O2/c1-18(34)33-10-2-3-27(33)21-6-4-19(5-7-21)11-20-12-24(16-30-15-20)28(35)32-17-23-13-22-8-9-31-26(22)14-25(23)29/h4-9,12-16,27,31H,2-3,10-11,17H2,1H3,(H,32,35). The van der Waals surface area contributed by atoms with Gasteiger partial charge >= 0.3 is 0 Å². The fourth-order valence-corrected chi connectivity index (χ4v) is 4.83. The zero-order valence-electron chi connectivity index (χ0n) is 19.6. The number of hydrogen-bond donors (Lipinski definition) is 2. The predicted molar refractivity (Wildman–Crippen MR) is 132 cm³/mol. The van der Waals surface area contributed by atoms with Crippen molar-refractivity contribution in [3.63, 3.8) is 0 Å². The van der Waals surface area contributed by atoms with Crippen LogP contribution in [-0.4, -0.2) is 33.2 Å². The number of H-pyrrole nitrogens is 1. The van der Waals surface area contributed by atoms with Crippen molar-refractivity contribution in [3.05, 3.63) is 101 Å². The van der Waals surface area contributed by atoms with Crippen molar-refractivity contribution < 1.29 is 14.0 Å². The first-order chi connectivity index (χ1) is 17.0. The maximum atomic E-state index is 14.3. The van der Waals surface area contributed by atoms with Crippen LogP contribution in [0.2, 0.25) is 0 Å². The minimum absolute atomic E-state index is 0.0932. The van der Waals surface area contributed by atoms with Crippen LogP contribution in [0.5, 0.6) is 0 Å². The van der Waals surface area contributed by atoms with Gasteiger partial charge in [0.15, 0.2) is 0 Å². The van der Waals surface area contributed by atoms with E-state index in [0.29, 0.717) is 17.5 Å². The molecular weight excluding hydrogens is 443 g/mol. The molecule has 1 aliphatic rings. The number of amides is 2. The number of aromatic nitrogens is 2. The van der Waals surface area contributed by atoms with Gasteiger partial charge in [-0.05, 0) is 65.6 Å². The van der Waals surface area contributed by atoms with Gasteiger partial charge < -0.3 is 15.2 Å². The van der Waals surface area contributed by atoms with Gasteiger partial charge in [0.05, 0.1) is 11.6 Å². The molecule has 1 saturated heterocycles. The Kier molecular flexibility index (Phi) is 6.31. The first kappa shape index (κ1) is 22.8. The van der Waals surface area contributed by atoms with E-state index in [9.17, 15) is 14.0 Å². The monoisotopic (exact) mass is 470 g/mol. The molecule has 6 nitrogen and oxygen atoms in total. The van der Waals surface area contributed by atoms with Crippen molar-refractivity contribution in [1.82, 2.24) is 20.2 Å². The molecule has 1 atom stereocenters. The summed E-state index contributed by atoms with van der Waals surface area (Å²) in [5.74, 6) is -0.543. The van der Waals surface area contributed by atoms with Gasteiger partial charge in [0.1, 0.15) is 5.82 Å². The number of fused-ring (bicyclic) bond motifs is 1. The van der Waals surface area contributed by atoms with Gasteiger partial charge in [0, 0.05) is 49.7 Å². The second kappa shape index (κ2) is 9.70. The Hall–Kier alpha value is -4.00. The maximum absolute atomic E-state index is 14.3. The number of pyridine rings is 1. The van der Waals surface area contributed by atoms with E-state index in [2.05, 4.69) is 39.6 Å². The molecule has 0 radical (unpaired) electrons. The van der Waals surface area contributed by atoms with E-state index < -0.39 is 0 Å². The van der Waals surface area contributed by atoms with Crippen molar-refractivity contribution in [2.24, 2.45) is 0 Å². The quantitative estimate of drug-likeness (QED) is 0.421. The zero-order valence-corrected chi connectivity index (χ0v) is 19.6. The van der Waals surface area contributed by atoms with Crippen LogP contribution >= 0.6 is 0 Å². The SMILES string of the molecule is CC(=O)N1CCCC1c1ccc(Cc2cncc(C(=O)NCc3cc4cc[nH]c4cc3F)c2)cc1. The maximum Gasteiger partial charge on any atom is 0.253 e. The van der Waals surface area contributed by atoms with E-state index in [1.54, 1.807) is 25.4 Å². The molecule has 35 heavy (non-hydrogen) atoms. The molecule has 2 N–H and O–H groups in total. The number of halogens is 1. The summed E-state index contributed by atoms with van der Waals surface area (Å²) in [5, 5.41) is 3.69. The van der Waals surface area contributed by atoms with Crippen LogP contribution in [0.3, 0.4) is 0 Å². The van der Waals surface area contributed by atoms with Crippen LogP contribution in [0.1, 0.15) is 58.4 Å². The fourth-order valence-electron chi connectivity index (χ4n) is 4.83. The number of benzene rings is 2. The smallest absolute Gasteiger partial charge is 0.253 e. The highest BCUT2D eigenvalue weighted by molar-refractivity contribution is 5.94. The molecule has 0 bridgehead atoms. The lowest BCUT2D eigenvalue weighted by atomic mass is 9.99. The number of hydrogen-bond acceptors (Lipinski definition) is 3.